The second-order valence-electron chi connectivity index (χ2n) is 9.95. The summed E-state index contributed by atoms with van der Waals surface area (Å²) in [5.41, 5.74) is 1.14. The first-order valence-corrected chi connectivity index (χ1v) is 15.1. The van der Waals surface area contributed by atoms with Crippen molar-refractivity contribution in [2.24, 2.45) is 0 Å². The average molecular weight is 564 g/mol. The minimum atomic E-state index is -4.12. The lowest BCUT2D eigenvalue weighted by Gasteiger charge is -2.33. The fourth-order valence-electron chi connectivity index (χ4n) is 5.08. The summed E-state index contributed by atoms with van der Waals surface area (Å²) in [6.45, 7) is 1.56. The molecule has 0 aromatic heterocycles. The van der Waals surface area contributed by atoms with Crippen LogP contribution in [-0.4, -0.2) is 50.9 Å². The van der Waals surface area contributed by atoms with Crippen molar-refractivity contribution in [1.29, 1.82) is 0 Å². The first-order valence-electron chi connectivity index (χ1n) is 13.7. The molecule has 0 spiro atoms. The van der Waals surface area contributed by atoms with Gasteiger partial charge in [-0.1, -0.05) is 74.4 Å². The zero-order valence-corrected chi connectivity index (χ0v) is 23.8. The summed E-state index contributed by atoms with van der Waals surface area (Å²) in [7, 11) is -2.63. The van der Waals surface area contributed by atoms with Gasteiger partial charge in [0.05, 0.1) is 17.7 Å². The van der Waals surface area contributed by atoms with Crippen molar-refractivity contribution in [2.75, 3.05) is 18.0 Å². The molecule has 0 heterocycles. The first-order chi connectivity index (χ1) is 19.3. The van der Waals surface area contributed by atoms with Gasteiger partial charge in [-0.3, -0.25) is 13.9 Å². The SMILES string of the molecule is CC[C@H](C(=O)NC1CCCC1)N(Cc1ccccc1)C(=O)CN(c1cccc(OC)c1)S(=O)(=O)c1ccccc1. The largest absolute Gasteiger partial charge is 0.497 e. The second-order valence-corrected chi connectivity index (χ2v) is 11.8. The van der Waals surface area contributed by atoms with Crippen LogP contribution in [0.2, 0.25) is 0 Å². The van der Waals surface area contributed by atoms with Crippen molar-refractivity contribution in [1.82, 2.24) is 10.2 Å². The molecule has 3 aromatic rings. The molecule has 1 atom stereocenters. The van der Waals surface area contributed by atoms with Crippen molar-refractivity contribution >= 4 is 27.5 Å². The number of hydrogen-bond acceptors (Lipinski definition) is 5. The van der Waals surface area contributed by atoms with Crippen LogP contribution >= 0.6 is 0 Å². The zero-order chi connectivity index (χ0) is 28.5. The average Bonchev–Trinajstić information content (AvgIpc) is 3.49. The number of methoxy groups -OCH3 is 1. The summed E-state index contributed by atoms with van der Waals surface area (Å²) >= 11 is 0. The van der Waals surface area contributed by atoms with E-state index in [1.165, 1.54) is 24.1 Å². The van der Waals surface area contributed by atoms with E-state index < -0.39 is 28.5 Å². The van der Waals surface area contributed by atoms with Crippen molar-refractivity contribution in [3.63, 3.8) is 0 Å². The van der Waals surface area contributed by atoms with Gasteiger partial charge in [-0.2, -0.15) is 0 Å². The number of ether oxygens (including phenoxy) is 1. The van der Waals surface area contributed by atoms with Crippen molar-refractivity contribution < 1.29 is 22.7 Å². The van der Waals surface area contributed by atoms with Gasteiger partial charge >= 0.3 is 0 Å². The van der Waals surface area contributed by atoms with Gasteiger partial charge in [0.15, 0.2) is 0 Å². The van der Waals surface area contributed by atoms with Crippen LogP contribution in [0.3, 0.4) is 0 Å². The Hall–Kier alpha value is -3.85. The maximum Gasteiger partial charge on any atom is 0.264 e. The molecule has 40 heavy (non-hydrogen) atoms. The lowest BCUT2D eigenvalue weighted by atomic mass is 10.1. The number of sulfonamides is 1. The number of carbonyl (C=O) groups is 2. The Morgan fingerprint density at radius 3 is 2.23 bits per heavy atom. The fourth-order valence-corrected chi connectivity index (χ4v) is 6.51. The van der Waals surface area contributed by atoms with E-state index in [1.807, 2.05) is 37.3 Å². The van der Waals surface area contributed by atoms with Crippen LogP contribution in [0.5, 0.6) is 5.75 Å². The quantitative estimate of drug-likeness (QED) is 0.343. The van der Waals surface area contributed by atoms with E-state index in [4.69, 9.17) is 4.74 Å². The highest BCUT2D eigenvalue weighted by Gasteiger charge is 2.34. The third-order valence-electron chi connectivity index (χ3n) is 7.23. The van der Waals surface area contributed by atoms with Crippen LogP contribution in [0.25, 0.3) is 0 Å². The van der Waals surface area contributed by atoms with Gasteiger partial charge in [-0.15, -0.1) is 0 Å². The number of hydrogen-bond donors (Lipinski definition) is 1. The summed E-state index contributed by atoms with van der Waals surface area (Å²) in [5.74, 6) is -0.223. The van der Waals surface area contributed by atoms with Gasteiger partial charge in [0, 0.05) is 18.7 Å². The van der Waals surface area contributed by atoms with E-state index in [2.05, 4.69) is 5.32 Å². The lowest BCUT2D eigenvalue weighted by molar-refractivity contribution is -0.140. The zero-order valence-electron chi connectivity index (χ0n) is 23.0. The smallest absolute Gasteiger partial charge is 0.264 e. The van der Waals surface area contributed by atoms with Crippen LogP contribution in [0.4, 0.5) is 5.69 Å². The molecule has 4 rings (SSSR count). The minimum Gasteiger partial charge on any atom is -0.497 e. The number of nitrogens with zero attached hydrogens (tertiary/aromatic N) is 2. The summed E-state index contributed by atoms with van der Waals surface area (Å²) in [6.07, 6.45) is 4.38. The molecule has 1 saturated carbocycles. The van der Waals surface area contributed by atoms with Crippen LogP contribution < -0.4 is 14.4 Å². The highest BCUT2D eigenvalue weighted by atomic mass is 32.2. The minimum absolute atomic E-state index is 0.0613. The van der Waals surface area contributed by atoms with Crippen molar-refractivity contribution in [2.45, 2.75) is 62.6 Å². The van der Waals surface area contributed by atoms with Gasteiger partial charge in [0.1, 0.15) is 18.3 Å². The van der Waals surface area contributed by atoms with Crippen LogP contribution in [0.15, 0.2) is 89.8 Å². The van der Waals surface area contributed by atoms with Crippen LogP contribution in [0.1, 0.15) is 44.6 Å². The number of rotatable bonds is 12. The number of nitrogens with one attached hydrogen (secondary N) is 1. The van der Waals surface area contributed by atoms with Crippen LogP contribution in [-0.2, 0) is 26.2 Å². The topological polar surface area (TPSA) is 96.0 Å². The summed E-state index contributed by atoms with van der Waals surface area (Å²) in [4.78, 5) is 29.2. The van der Waals surface area contributed by atoms with E-state index in [1.54, 1.807) is 42.5 Å². The van der Waals surface area contributed by atoms with Crippen LogP contribution in [0, 0.1) is 0 Å². The van der Waals surface area contributed by atoms with E-state index >= 15 is 0 Å². The maximum absolute atomic E-state index is 14.1. The molecule has 2 amide bonds. The first kappa shape index (κ1) is 29.1. The van der Waals surface area contributed by atoms with Gasteiger partial charge in [-0.05, 0) is 49.1 Å². The van der Waals surface area contributed by atoms with E-state index in [9.17, 15) is 18.0 Å². The Bertz CT molecular complexity index is 1380. The normalized spacial score (nSPS) is 14.3. The van der Waals surface area contributed by atoms with Gasteiger partial charge in [0.25, 0.3) is 10.0 Å². The predicted molar refractivity (Wildman–Crippen MR) is 155 cm³/mol. The lowest BCUT2D eigenvalue weighted by Crippen LogP contribution is -2.53. The van der Waals surface area contributed by atoms with Gasteiger partial charge in [-0.25, -0.2) is 8.42 Å². The fraction of sp³-hybridized carbons (Fsp3) is 0.355. The standard InChI is InChI=1S/C31H37N3O5S/c1-3-29(31(36)32-25-15-10-11-16-25)33(22-24-13-6-4-7-14-24)30(35)23-34(26-17-12-18-27(21-26)39-2)40(37,38)28-19-8-5-9-20-28/h4-9,12-14,17-21,25,29H,3,10-11,15-16,22-23H2,1-2H3,(H,32,36)/t29-/m1/s1. The molecule has 1 aliphatic carbocycles. The molecule has 1 N–H and O–H groups in total. The Balaban J connectivity index is 1.70. The molecule has 8 nitrogen and oxygen atoms in total. The van der Waals surface area contributed by atoms with Gasteiger partial charge in [0.2, 0.25) is 11.8 Å². The van der Waals surface area contributed by atoms with E-state index in [0.717, 1.165) is 35.6 Å². The van der Waals surface area contributed by atoms with Crippen molar-refractivity contribution in [3.05, 3.63) is 90.5 Å². The molecule has 0 aliphatic heterocycles. The summed E-state index contributed by atoms with van der Waals surface area (Å²) < 4.78 is 34.2. The van der Waals surface area contributed by atoms with E-state index in [-0.39, 0.29) is 23.4 Å². The predicted octanol–water partition coefficient (Wildman–Crippen LogP) is 4.76. The maximum atomic E-state index is 14.1. The summed E-state index contributed by atoms with van der Waals surface area (Å²) in [6, 6.07) is 23.4. The molecule has 0 radical (unpaired) electrons. The Morgan fingerprint density at radius 2 is 1.60 bits per heavy atom. The molecule has 1 fully saturated rings. The third kappa shape index (κ3) is 7.01. The highest BCUT2D eigenvalue weighted by molar-refractivity contribution is 7.92. The Kier molecular flexibility index (Phi) is 9.82. The number of benzene rings is 3. The third-order valence-corrected chi connectivity index (χ3v) is 9.02. The Labute approximate surface area is 237 Å². The molecule has 0 unspecified atom stereocenters. The molecule has 212 valence electrons. The van der Waals surface area contributed by atoms with Crippen molar-refractivity contribution in [3.8, 4) is 5.75 Å². The molecule has 3 aromatic carbocycles. The molecule has 0 bridgehead atoms. The second kappa shape index (κ2) is 13.5. The molecule has 9 heteroatoms. The molecular weight excluding hydrogens is 526 g/mol. The van der Waals surface area contributed by atoms with E-state index in [0.29, 0.717) is 17.9 Å². The highest BCUT2D eigenvalue weighted by Crippen LogP contribution is 2.28. The summed E-state index contributed by atoms with van der Waals surface area (Å²) in [5, 5.41) is 3.13. The molecular formula is C31H37N3O5S. The van der Waals surface area contributed by atoms with Gasteiger partial charge < -0.3 is 15.0 Å². The monoisotopic (exact) mass is 563 g/mol. The Morgan fingerprint density at radius 1 is 0.950 bits per heavy atom. The number of carbonyl (C=O) groups excluding carboxylic acids is 2. The molecule has 0 saturated heterocycles. The molecule has 1 aliphatic rings. The number of amides is 2. The number of anilines is 1.